The lowest BCUT2D eigenvalue weighted by Gasteiger charge is -2.32. The molecule has 1 fully saturated rings. The Bertz CT molecular complexity index is 3710. The quantitative estimate of drug-likeness (QED) is 0.0221. The van der Waals surface area contributed by atoms with E-state index in [2.05, 4.69) is 77.3 Å². The van der Waals surface area contributed by atoms with Gasteiger partial charge >= 0.3 is 29.8 Å². The van der Waals surface area contributed by atoms with E-state index in [0.717, 1.165) is 39.7 Å². The number of hydrogen-bond acceptors (Lipinski definition) is 23. The summed E-state index contributed by atoms with van der Waals surface area (Å²) in [5.74, 6) is -26.2. The number of esters is 1. The van der Waals surface area contributed by atoms with Crippen molar-refractivity contribution in [1.82, 2.24) is 73.7 Å². The van der Waals surface area contributed by atoms with E-state index in [1.165, 1.54) is 13.8 Å². The lowest BCUT2D eigenvalue weighted by Crippen LogP contribution is -2.62. The molecule has 14 amide bonds. The van der Waals surface area contributed by atoms with Crippen molar-refractivity contribution < 1.29 is 121 Å². The predicted octanol–water partition coefficient (Wildman–Crippen LogP) is -4.98. The van der Waals surface area contributed by atoms with Crippen molar-refractivity contribution in [1.29, 1.82) is 0 Å². The Morgan fingerprint density at radius 3 is 1.68 bits per heavy atom. The molecule has 24 N–H and O–H groups in total. The molecule has 0 saturated carbocycles. The Morgan fingerprint density at radius 2 is 1.11 bits per heavy atom. The van der Waals surface area contributed by atoms with Gasteiger partial charge in [-0.15, -0.1) is 0 Å². The van der Waals surface area contributed by atoms with Crippen LogP contribution in [0.3, 0.4) is 0 Å². The molecule has 1 saturated heterocycles. The zero-order chi connectivity index (χ0) is 85.5. The highest BCUT2D eigenvalue weighted by atomic mass is 16.5. The minimum Gasteiger partial charge on any atom is -0.481 e. The zero-order valence-electron chi connectivity index (χ0n) is 64.7. The van der Waals surface area contributed by atoms with Crippen molar-refractivity contribution in [2.24, 2.45) is 29.0 Å². The summed E-state index contributed by atoms with van der Waals surface area (Å²) >= 11 is 0. The van der Waals surface area contributed by atoms with Crippen LogP contribution in [-0.2, 0) is 102 Å². The van der Waals surface area contributed by atoms with Crippen molar-refractivity contribution in [3.8, 4) is 0 Å². The molecule has 14 unspecified atom stereocenters. The van der Waals surface area contributed by atoms with E-state index < -0.39 is 249 Å². The summed E-state index contributed by atoms with van der Waals surface area (Å²) in [4.78, 5) is 264. The molecular weight excluding hydrogens is 1500 g/mol. The summed E-state index contributed by atoms with van der Waals surface area (Å²) in [5.41, 5.74) is 18.2. The molecule has 2 aromatic rings. The van der Waals surface area contributed by atoms with Gasteiger partial charge < -0.3 is 121 Å². The first-order chi connectivity index (χ1) is 53.9. The molecule has 1 aliphatic heterocycles. The summed E-state index contributed by atoms with van der Waals surface area (Å²) in [5, 5.41) is 77.6. The number of likely N-dealkylation sites (N-methyl/N-ethyl adjacent to an activating group) is 1. The number of ether oxygens (including phenoxy) is 1. The number of unbranched alkanes of at least 4 members (excludes halogenated alkanes) is 4. The molecule has 14 atom stereocenters. The molecule has 2 heterocycles. The van der Waals surface area contributed by atoms with E-state index in [9.17, 15) is 112 Å². The number of aliphatic hydroxyl groups excluding tert-OH is 1. The molecule has 1 aliphatic rings. The molecule has 0 radical (unpaired) electrons. The number of para-hydroxylation sites is 1. The van der Waals surface area contributed by atoms with Crippen LogP contribution in [0.25, 0.3) is 10.9 Å². The Morgan fingerprint density at radius 1 is 0.570 bits per heavy atom. The number of carbonyl (C=O) groups excluding carboxylic acids is 15. The van der Waals surface area contributed by atoms with Gasteiger partial charge in [0.2, 0.25) is 82.7 Å². The second kappa shape index (κ2) is 49.8. The number of hydrogen-bond donors (Lipinski definition) is 21. The van der Waals surface area contributed by atoms with Gasteiger partial charge in [0, 0.05) is 43.4 Å². The van der Waals surface area contributed by atoms with Gasteiger partial charge in [-0.05, 0) is 88.4 Å². The van der Waals surface area contributed by atoms with Crippen molar-refractivity contribution in [2.45, 2.75) is 236 Å². The summed E-state index contributed by atoms with van der Waals surface area (Å²) < 4.78 is 5.78. The van der Waals surface area contributed by atoms with Crippen molar-refractivity contribution >= 4 is 123 Å². The van der Waals surface area contributed by atoms with E-state index in [0.29, 0.717) is 40.1 Å². The minimum absolute atomic E-state index is 0.00193. The van der Waals surface area contributed by atoms with Gasteiger partial charge in [0.05, 0.1) is 45.4 Å². The number of rotatable bonds is 38. The number of carboxylic acid groups (broad SMARTS) is 4. The van der Waals surface area contributed by atoms with Gasteiger partial charge in [-0.2, -0.15) is 0 Å². The Kier molecular flexibility index (Phi) is 42.3. The maximum absolute atomic E-state index is 15.0. The number of nitrogens with zero attached hydrogens (tertiary/aromatic N) is 1. The molecular formula is C72H111N17O25. The first-order valence-electron chi connectivity index (χ1n) is 37.6. The van der Waals surface area contributed by atoms with E-state index in [1.54, 1.807) is 30.5 Å². The van der Waals surface area contributed by atoms with Crippen molar-refractivity contribution in [2.75, 3.05) is 39.8 Å². The van der Waals surface area contributed by atoms with Crippen molar-refractivity contribution in [3.63, 3.8) is 0 Å². The maximum atomic E-state index is 15.0. The van der Waals surface area contributed by atoms with Crippen LogP contribution >= 0.6 is 0 Å². The number of aromatic nitrogens is 1. The molecule has 1 aromatic heterocycles. The van der Waals surface area contributed by atoms with Gasteiger partial charge in [-0.1, -0.05) is 84.4 Å². The third-order valence-electron chi connectivity index (χ3n) is 18.7. The molecule has 0 spiro atoms. The van der Waals surface area contributed by atoms with Crippen LogP contribution in [-0.4, -0.2) is 260 Å². The molecule has 0 aliphatic carbocycles. The highest BCUT2D eigenvalue weighted by molar-refractivity contribution is 6.02. The normalized spacial score (nSPS) is 21.7. The molecule has 634 valence electrons. The average Bonchev–Trinajstić information content (AvgIpc) is 1.23. The highest BCUT2D eigenvalue weighted by Crippen LogP contribution is 2.21. The number of amides is 14. The smallest absolute Gasteiger partial charge is 0.329 e. The Labute approximate surface area is 656 Å². The van der Waals surface area contributed by atoms with E-state index in [4.69, 9.17) is 21.9 Å². The molecule has 0 bridgehead atoms. The number of carbonyl (C=O) groups is 19. The van der Waals surface area contributed by atoms with Gasteiger partial charge in [0.25, 0.3) is 0 Å². The topological polar surface area (TPSA) is 676 Å². The van der Waals surface area contributed by atoms with E-state index in [-0.39, 0.29) is 64.5 Å². The molecule has 1 aromatic carbocycles. The van der Waals surface area contributed by atoms with Crippen LogP contribution < -0.4 is 81.0 Å². The lowest BCUT2D eigenvalue weighted by atomic mass is 9.98. The van der Waals surface area contributed by atoms with Crippen LogP contribution in [0, 0.1) is 11.8 Å². The fourth-order valence-corrected chi connectivity index (χ4v) is 11.8. The first-order valence-corrected chi connectivity index (χ1v) is 37.6. The van der Waals surface area contributed by atoms with Crippen LogP contribution in [0.1, 0.15) is 162 Å². The number of aromatic amines is 1. The minimum atomic E-state index is -2.31. The number of benzene rings is 1. The number of aliphatic hydroxyl groups is 1. The van der Waals surface area contributed by atoms with Crippen LogP contribution in [0.5, 0.6) is 0 Å². The Hall–Kier alpha value is -11.4. The van der Waals surface area contributed by atoms with E-state index >= 15 is 4.79 Å². The summed E-state index contributed by atoms with van der Waals surface area (Å²) in [7, 11) is 0.941. The summed E-state index contributed by atoms with van der Waals surface area (Å²) in [6.07, 6.45) is -2.45. The number of carboxylic acids is 4. The van der Waals surface area contributed by atoms with Gasteiger partial charge in [0.15, 0.2) is 0 Å². The monoisotopic (exact) mass is 1610 g/mol. The van der Waals surface area contributed by atoms with Gasteiger partial charge in [-0.3, -0.25) is 86.3 Å². The van der Waals surface area contributed by atoms with Gasteiger partial charge in [0.1, 0.15) is 72.6 Å². The summed E-state index contributed by atoms with van der Waals surface area (Å²) in [6, 6.07) is -14.5. The largest absolute Gasteiger partial charge is 0.481 e. The fraction of sp³-hybridized carbons (Fsp3) is 0.625. The highest BCUT2D eigenvalue weighted by Gasteiger charge is 2.41. The number of H-pyrrole nitrogens is 1. The number of fused-ring (bicyclic) bond motifs is 1. The molecule has 3 rings (SSSR count). The molecule has 42 nitrogen and oxygen atoms in total. The predicted molar refractivity (Wildman–Crippen MR) is 402 cm³/mol. The lowest BCUT2D eigenvalue weighted by molar-refractivity contribution is -0.159. The third kappa shape index (κ3) is 34.3. The van der Waals surface area contributed by atoms with Crippen LogP contribution in [0.4, 0.5) is 0 Å². The number of primary amides is 1. The number of cyclic esters (lactones) is 1. The number of aliphatic carboxylic acids is 4. The van der Waals surface area contributed by atoms with Crippen LogP contribution in [0.15, 0.2) is 30.5 Å². The SMILES string of the molecule is CCC(C)CCCCCCC(=O)NC(Cc1c[nH]c2ccccc12)C(=O)NC(CC(N)=O)C(=O)NC(CC(=O)O)C(=O)NC1C(=O)N(C)CC(=O)NC(CCCN)C(=O)NC(CC(=O)O)C(=O)NC(CCCCN)C(=O)NC(CC(=O)O)C(=O)NCC(=O)NC(CO)C(=O)NC(CCC(=O)O)C(=O)NC(C(C)CC)C(=O)OC1C. The first kappa shape index (κ1) is 96.8. The fourth-order valence-electron chi connectivity index (χ4n) is 11.8. The number of nitrogens with one attached hydrogen (secondary N) is 13. The van der Waals surface area contributed by atoms with E-state index in [1.807, 2.05) is 5.32 Å². The zero-order valence-corrected chi connectivity index (χ0v) is 64.7. The van der Waals surface area contributed by atoms with Gasteiger partial charge in [-0.25, -0.2) is 4.79 Å². The van der Waals surface area contributed by atoms with Crippen LogP contribution in [0.2, 0.25) is 0 Å². The second-order valence-corrected chi connectivity index (χ2v) is 28.0. The average molecular weight is 1610 g/mol. The molecule has 42 heteroatoms. The Balaban J connectivity index is 2.24. The maximum Gasteiger partial charge on any atom is 0.329 e. The second-order valence-electron chi connectivity index (χ2n) is 28.0. The van der Waals surface area contributed by atoms with Crippen molar-refractivity contribution in [3.05, 3.63) is 36.0 Å². The number of nitrogens with two attached hydrogens (primary N) is 3. The summed E-state index contributed by atoms with van der Waals surface area (Å²) in [6.45, 7) is 4.57. The standard InChI is InChI=1S/C72H111N17O25/c1-7-37(3)18-11-9-10-12-23-53(92)79-46(28-40-33-76-42-20-14-13-19-41(40)42)66(107)83-47(29-52(75)91)67(108)86-50(32-59(101)102)69(110)88-61-39(5)114-72(113)60(38(4)8-2)87-65(106)45(24-25-56(95)96)82-70(111)51(36-90)80-54(93)34-77-62(103)48(30-57(97)98)84-64(105)44(21-15-16-26-73)81-68(109)49(31-58(99)100)85-63(104)43(22-17-27-74)78-55(94)35-89(6)71(61)112/h13-14,19-20,33,37-39,43-51,60-61,76,90H,7-12,15-18,21-32,34-36,73-74H2,1-6H3,(H2,75,91)(H,77,103)(H,78,94)(H,79,92)(H,80,93)(H,81,109)(H,82,111)(H,83,107)(H,84,105)(H,85,104)(H,86,108)(H,87,106)(H,88,110)(H,95,96)(H,97,98)(H,99,100)(H,101,102). The third-order valence-corrected chi connectivity index (χ3v) is 18.7. The molecule has 114 heavy (non-hydrogen) atoms.